The number of thiocarbonyl (C=S) groups is 1. The molecule has 6 nitrogen and oxygen atoms in total. The number of rotatable bonds is 6. The fourth-order valence-electron chi connectivity index (χ4n) is 5.44. The first-order valence-corrected chi connectivity index (χ1v) is 12.8. The maximum atomic E-state index is 11.2. The van der Waals surface area contributed by atoms with Gasteiger partial charge in [-0.1, -0.05) is 64.1 Å². The number of hydrogen-bond donors (Lipinski definition) is 3. The van der Waals surface area contributed by atoms with E-state index in [4.69, 9.17) is 12.2 Å². The first-order chi connectivity index (χ1) is 16.4. The van der Waals surface area contributed by atoms with E-state index >= 15 is 0 Å². The highest BCUT2D eigenvalue weighted by atomic mass is 32.1. The largest absolute Gasteiger partial charge is 0.493 e. The molecule has 1 fully saturated rings. The minimum absolute atomic E-state index is 0.148. The number of aromatic nitrogens is 1. The lowest BCUT2D eigenvalue weighted by molar-refractivity contribution is -0.934. The zero-order valence-electron chi connectivity index (χ0n) is 20.6. The van der Waals surface area contributed by atoms with Gasteiger partial charge >= 0.3 is 0 Å². The smallest absolute Gasteiger partial charge is 0.225 e. The van der Waals surface area contributed by atoms with Crippen molar-refractivity contribution in [1.29, 1.82) is 0 Å². The van der Waals surface area contributed by atoms with Crippen LogP contribution >= 0.6 is 12.2 Å². The number of para-hydroxylation sites is 2. The summed E-state index contributed by atoms with van der Waals surface area (Å²) in [5.74, 6) is 1.52. The molecule has 1 aromatic heterocycles. The Morgan fingerprint density at radius 2 is 1.71 bits per heavy atom. The zero-order valence-corrected chi connectivity index (χ0v) is 21.5. The molecule has 0 saturated carbocycles. The van der Waals surface area contributed by atoms with Crippen LogP contribution in [0.2, 0.25) is 0 Å². The maximum Gasteiger partial charge on any atom is 0.225 e. The Morgan fingerprint density at radius 1 is 1.06 bits per heavy atom. The van der Waals surface area contributed by atoms with Gasteiger partial charge in [-0.15, -0.1) is 10.2 Å². The van der Waals surface area contributed by atoms with E-state index in [0.29, 0.717) is 24.2 Å². The first kappa shape index (κ1) is 24.4. The van der Waals surface area contributed by atoms with Crippen molar-refractivity contribution in [3.8, 4) is 5.88 Å². The number of piperidine rings is 1. The average Bonchev–Trinajstić information content (AvgIpc) is 3.08. The summed E-state index contributed by atoms with van der Waals surface area (Å²) in [5, 5.41) is 24.4. The molecule has 0 amide bonds. The van der Waals surface area contributed by atoms with Gasteiger partial charge in [-0.25, -0.2) is 0 Å². The van der Waals surface area contributed by atoms with Crippen LogP contribution in [0.5, 0.6) is 5.88 Å². The van der Waals surface area contributed by atoms with Gasteiger partial charge in [0, 0.05) is 22.9 Å². The minimum atomic E-state index is 0.148. The van der Waals surface area contributed by atoms with Crippen LogP contribution < -0.4 is 10.2 Å². The van der Waals surface area contributed by atoms with Gasteiger partial charge in [-0.2, -0.15) is 0 Å². The molecule has 1 aliphatic rings. The first-order valence-electron chi connectivity index (χ1n) is 12.4. The summed E-state index contributed by atoms with van der Waals surface area (Å²) < 4.78 is 1.97. The molecule has 1 aliphatic heterocycles. The number of benzene rings is 2. The summed E-state index contributed by atoms with van der Waals surface area (Å²) in [6.07, 6.45) is 3.08. The van der Waals surface area contributed by atoms with Crippen LogP contribution in [-0.4, -0.2) is 27.9 Å². The van der Waals surface area contributed by atoms with Crippen LogP contribution in [0.3, 0.4) is 0 Å². The summed E-state index contributed by atoms with van der Waals surface area (Å²) in [6, 6.07) is 14.3. The van der Waals surface area contributed by atoms with E-state index < -0.39 is 0 Å². The molecule has 0 aliphatic carbocycles. The molecular formula is C27H36N5OS+. The van der Waals surface area contributed by atoms with Crippen molar-refractivity contribution < 1.29 is 10.0 Å². The summed E-state index contributed by atoms with van der Waals surface area (Å²) in [4.78, 5) is 1.48. The van der Waals surface area contributed by atoms with Gasteiger partial charge in [0.25, 0.3) is 0 Å². The number of azo groups is 1. The van der Waals surface area contributed by atoms with Gasteiger partial charge in [-0.3, -0.25) is 4.57 Å². The van der Waals surface area contributed by atoms with Gasteiger partial charge in [-0.05, 0) is 48.7 Å². The number of anilines is 1. The fraction of sp³-hybridized carbons (Fsp3) is 0.444. The van der Waals surface area contributed by atoms with E-state index in [1.54, 1.807) is 0 Å². The molecule has 2 aromatic carbocycles. The van der Waals surface area contributed by atoms with Crippen molar-refractivity contribution in [1.82, 2.24) is 4.57 Å². The number of aryl methyl sites for hydroxylation is 2. The molecule has 4 rings (SSSR count). The maximum absolute atomic E-state index is 11.2. The number of aromatic hydroxyl groups is 1. The van der Waals surface area contributed by atoms with Gasteiger partial charge in [0.05, 0.1) is 18.6 Å². The van der Waals surface area contributed by atoms with Crippen molar-refractivity contribution in [2.75, 3.05) is 18.4 Å². The SMILES string of the molecule is CCc1cccc(CC)c1NC(=S)N=Nc1c(O)n(C[NH+]2CC(C)CC(C)C2)c2ccccc12. The predicted molar refractivity (Wildman–Crippen MR) is 143 cm³/mol. The summed E-state index contributed by atoms with van der Waals surface area (Å²) >= 11 is 5.52. The molecule has 0 radical (unpaired) electrons. The molecule has 34 heavy (non-hydrogen) atoms. The van der Waals surface area contributed by atoms with Crippen molar-refractivity contribution in [3.05, 3.63) is 53.6 Å². The second kappa shape index (κ2) is 10.7. The Kier molecular flexibility index (Phi) is 7.63. The number of nitrogens with one attached hydrogen (secondary N) is 2. The molecule has 7 heteroatoms. The lowest BCUT2D eigenvalue weighted by atomic mass is 9.92. The Bertz CT molecular complexity index is 1170. The molecule has 3 N–H and O–H groups in total. The van der Waals surface area contributed by atoms with Crippen LogP contribution in [0.15, 0.2) is 52.7 Å². The third-order valence-corrected chi connectivity index (χ3v) is 7.03. The molecule has 3 aromatic rings. The number of quaternary nitrogens is 1. The van der Waals surface area contributed by atoms with Gasteiger partial charge < -0.3 is 15.3 Å². The highest BCUT2D eigenvalue weighted by Gasteiger charge is 2.27. The Hall–Kier alpha value is -2.77. The van der Waals surface area contributed by atoms with E-state index in [-0.39, 0.29) is 11.0 Å². The van der Waals surface area contributed by atoms with Crippen molar-refractivity contribution in [2.45, 2.75) is 53.6 Å². The summed E-state index contributed by atoms with van der Waals surface area (Å²) in [5.41, 5.74) is 4.85. The molecule has 0 bridgehead atoms. The van der Waals surface area contributed by atoms with Crippen molar-refractivity contribution in [3.63, 3.8) is 0 Å². The van der Waals surface area contributed by atoms with Gasteiger partial charge in [0.2, 0.25) is 11.0 Å². The van der Waals surface area contributed by atoms with Crippen LogP contribution in [0.4, 0.5) is 11.4 Å². The number of fused-ring (bicyclic) bond motifs is 1. The minimum Gasteiger partial charge on any atom is -0.493 e. The van der Waals surface area contributed by atoms with Crippen LogP contribution in [0.25, 0.3) is 10.9 Å². The lowest BCUT2D eigenvalue weighted by Crippen LogP contribution is -3.13. The molecule has 2 atom stereocenters. The Labute approximate surface area is 207 Å². The molecule has 180 valence electrons. The van der Waals surface area contributed by atoms with E-state index in [9.17, 15) is 5.11 Å². The lowest BCUT2D eigenvalue weighted by Gasteiger charge is -2.32. The monoisotopic (exact) mass is 478 g/mol. The van der Waals surface area contributed by atoms with E-state index in [0.717, 1.165) is 42.5 Å². The number of nitrogens with zero attached hydrogens (tertiary/aromatic N) is 3. The molecule has 2 unspecified atom stereocenters. The second-order valence-electron chi connectivity index (χ2n) is 9.67. The van der Waals surface area contributed by atoms with Gasteiger partial charge in [0.15, 0.2) is 12.4 Å². The zero-order chi connectivity index (χ0) is 24.2. The molecule has 2 heterocycles. The third kappa shape index (κ3) is 5.15. The van der Waals surface area contributed by atoms with Crippen LogP contribution in [0, 0.1) is 11.8 Å². The average molecular weight is 479 g/mol. The second-order valence-corrected chi connectivity index (χ2v) is 10.1. The Balaban J connectivity index is 1.60. The van der Waals surface area contributed by atoms with E-state index in [1.807, 2.05) is 28.8 Å². The van der Waals surface area contributed by atoms with E-state index in [2.05, 4.69) is 61.4 Å². The normalized spacial score (nSPS) is 20.8. The van der Waals surface area contributed by atoms with Crippen LogP contribution in [-0.2, 0) is 19.5 Å². The van der Waals surface area contributed by atoms with E-state index in [1.165, 1.54) is 22.4 Å². The predicted octanol–water partition coefficient (Wildman–Crippen LogP) is 5.47. The topological polar surface area (TPSA) is 66.4 Å². The van der Waals surface area contributed by atoms with Crippen molar-refractivity contribution in [2.24, 2.45) is 22.1 Å². The Morgan fingerprint density at radius 3 is 2.35 bits per heavy atom. The number of likely N-dealkylation sites (tertiary alicyclic amines) is 1. The highest BCUT2D eigenvalue weighted by Crippen LogP contribution is 2.38. The highest BCUT2D eigenvalue weighted by molar-refractivity contribution is 7.80. The fourth-order valence-corrected chi connectivity index (χ4v) is 5.58. The molecular weight excluding hydrogens is 442 g/mol. The quantitative estimate of drug-likeness (QED) is 0.325. The van der Waals surface area contributed by atoms with Crippen LogP contribution in [0.1, 0.15) is 45.2 Å². The third-order valence-electron chi connectivity index (χ3n) is 6.85. The standard InChI is InChI=1S/C27H35N5OS/c1-5-20-10-9-11-21(6-2)24(20)28-27(34)30-29-25-22-12-7-8-13-23(22)32(26(25)33)17-31-15-18(3)14-19(4)16-31/h7-13,18-19,33H,5-6,14-17H2,1-4H3,(H,28,34)/p+1. The molecule has 1 saturated heterocycles. The van der Waals surface area contributed by atoms with Gasteiger partial charge in [0.1, 0.15) is 0 Å². The van der Waals surface area contributed by atoms with Crippen molar-refractivity contribution >= 4 is 39.6 Å². The summed E-state index contributed by atoms with van der Waals surface area (Å²) in [7, 11) is 0. The summed E-state index contributed by atoms with van der Waals surface area (Å²) in [6.45, 7) is 11.8. The molecule has 0 spiro atoms. The number of hydrogen-bond acceptors (Lipinski definition) is 3.